The van der Waals surface area contributed by atoms with Crippen LogP contribution in [0, 0.1) is 5.92 Å². The Labute approximate surface area is 140 Å². The molecule has 0 saturated carbocycles. The summed E-state index contributed by atoms with van der Waals surface area (Å²) in [6, 6.07) is 1.65. The molecule has 0 radical (unpaired) electrons. The van der Waals surface area contributed by atoms with E-state index in [4.69, 9.17) is 4.74 Å². The van der Waals surface area contributed by atoms with Crippen LogP contribution in [0.5, 0.6) is 0 Å². The van der Waals surface area contributed by atoms with Crippen molar-refractivity contribution >= 4 is 5.91 Å². The van der Waals surface area contributed by atoms with Gasteiger partial charge >= 0.3 is 5.69 Å². The zero-order chi connectivity index (χ0) is 17.3. The molecule has 3 heterocycles. The molecule has 2 aliphatic rings. The van der Waals surface area contributed by atoms with Crippen LogP contribution in [0.4, 0.5) is 0 Å². The number of carbonyl (C=O) groups is 1. The number of carbonyl (C=O) groups excluding carboxylic acids is 1. The Hall–Kier alpha value is -1.93. The highest BCUT2D eigenvalue weighted by Crippen LogP contribution is 2.22. The third kappa shape index (κ3) is 3.29. The van der Waals surface area contributed by atoms with Gasteiger partial charge in [-0.15, -0.1) is 0 Å². The van der Waals surface area contributed by atoms with Crippen LogP contribution in [0.15, 0.2) is 21.9 Å². The number of nitrogens with zero attached hydrogens (tertiary/aromatic N) is 4. The highest BCUT2D eigenvalue weighted by molar-refractivity contribution is 5.76. The minimum absolute atomic E-state index is 0.0322. The van der Waals surface area contributed by atoms with E-state index < -0.39 is 5.69 Å². The minimum atomic E-state index is -0.465. The molecule has 132 valence electrons. The molecule has 2 saturated heterocycles. The molecular weight excluding hydrogens is 312 g/mol. The van der Waals surface area contributed by atoms with Crippen molar-refractivity contribution in [3.05, 3.63) is 33.1 Å². The molecule has 0 unspecified atom stereocenters. The van der Waals surface area contributed by atoms with Gasteiger partial charge in [-0.2, -0.15) is 0 Å². The van der Waals surface area contributed by atoms with E-state index in [1.807, 2.05) is 4.90 Å². The van der Waals surface area contributed by atoms with Gasteiger partial charge in [-0.25, -0.2) is 4.79 Å². The molecule has 0 aliphatic carbocycles. The summed E-state index contributed by atoms with van der Waals surface area (Å²) in [5, 5.41) is 0. The summed E-state index contributed by atoms with van der Waals surface area (Å²) in [5.74, 6) is 0.308. The number of aromatic nitrogens is 2. The second kappa shape index (κ2) is 6.90. The monoisotopic (exact) mass is 336 g/mol. The smallest absolute Gasteiger partial charge is 0.331 e. The Balaban J connectivity index is 1.67. The quantitative estimate of drug-likeness (QED) is 0.688. The topological polar surface area (TPSA) is 76.8 Å². The maximum atomic E-state index is 12.6. The molecule has 1 aromatic rings. The predicted molar refractivity (Wildman–Crippen MR) is 87.9 cm³/mol. The number of morpholine rings is 1. The van der Waals surface area contributed by atoms with Crippen LogP contribution in [0.1, 0.15) is 6.92 Å². The molecule has 1 amide bonds. The number of hydrogen-bond donors (Lipinski definition) is 0. The van der Waals surface area contributed by atoms with E-state index in [-0.39, 0.29) is 18.0 Å². The molecule has 0 spiro atoms. The van der Waals surface area contributed by atoms with Crippen LogP contribution in [0.2, 0.25) is 0 Å². The van der Waals surface area contributed by atoms with Crippen LogP contribution >= 0.6 is 0 Å². The normalized spacial score (nSPS) is 25.2. The van der Waals surface area contributed by atoms with Gasteiger partial charge in [0.15, 0.2) is 0 Å². The number of ether oxygens (including phenoxy) is 1. The lowest BCUT2D eigenvalue weighted by Crippen LogP contribution is -2.47. The van der Waals surface area contributed by atoms with Gasteiger partial charge in [0.05, 0.1) is 13.2 Å². The summed E-state index contributed by atoms with van der Waals surface area (Å²) in [4.78, 5) is 40.3. The number of rotatable bonds is 3. The highest BCUT2D eigenvalue weighted by atomic mass is 16.5. The number of hydrogen-bond acceptors (Lipinski definition) is 5. The molecular formula is C16H24N4O4. The zero-order valence-corrected chi connectivity index (χ0v) is 14.2. The van der Waals surface area contributed by atoms with Gasteiger partial charge in [0.2, 0.25) is 5.91 Å². The van der Waals surface area contributed by atoms with E-state index in [0.29, 0.717) is 25.0 Å². The van der Waals surface area contributed by atoms with Crippen molar-refractivity contribution in [2.75, 3.05) is 39.4 Å². The van der Waals surface area contributed by atoms with Crippen LogP contribution in [-0.4, -0.2) is 70.3 Å². The molecule has 2 fully saturated rings. The van der Waals surface area contributed by atoms with Crippen molar-refractivity contribution < 1.29 is 9.53 Å². The first-order valence-electron chi connectivity index (χ1n) is 8.33. The van der Waals surface area contributed by atoms with E-state index in [1.165, 1.54) is 23.9 Å². The third-order valence-corrected chi connectivity index (χ3v) is 5.01. The van der Waals surface area contributed by atoms with Crippen molar-refractivity contribution in [1.82, 2.24) is 18.9 Å². The number of amides is 1. The molecule has 2 atom stereocenters. The molecule has 0 bridgehead atoms. The van der Waals surface area contributed by atoms with Crippen molar-refractivity contribution in [2.45, 2.75) is 19.5 Å². The molecule has 8 nitrogen and oxygen atoms in total. The summed E-state index contributed by atoms with van der Waals surface area (Å²) < 4.78 is 7.69. The SMILES string of the molecule is C[C@@H]1CN(C(=O)Cn2ccc(=O)n(C)c2=O)C[C@H]1N1CCOCC1. The van der Waals surface area contributed by atoms with Crippen LogP contribution in [0.3, 0.4) is 0 Å². The molecule has 2 aliphatic heterocycles. The first-order chi connectivity index (χ1) is 11.5. The lowest BCUT2D eigenvalue weighted by Gasteiger charge is -2.34. The lowest BCUT2D eigenvalue weighted by atomic mass is 10.0. The van der Waals surface area contributed by atoms with E-state index in [1.54, 1.807) is 0 Å². The summed E-state index contributed by atoms with van der Waals surface area (Å²) in [6.07, 6.45) is 1.39. The van der Waals surface area contributed by atoms with Crippen LogP contribution in [0.25, 0.3) is 0 Å². The van der Waals surface area contributed by atoms with Gasteiger partial charge in [-0.3, -0.25) is 23.6 Å². The fourth-order valence-corrected chi connectivity index (χ4v) is 3.52. The Morgan fingerprint density at radius 3 is 2.67 bits per heavy atom. The Morgan fingerprint density at radius 1 is 1.25 bits per heavy atom. The average Bonchev–Trinajstić information content (AvgIpc) is 2.98. The molecule has 0 N–H and O–H groups in total. The van der Waals surface area contributed by atoms with E-state index in [0.717, 1.165) is 30.9 Å². The van der Waals surface area contributed by atoms with Crippen LogP contribution < -0.4 is 11.2 Å². The summed E-state index contributed by atoms with van der Waals surface area (Å²) in [7, 11) is 1.41. The van der Waals surface area contributed by atoms with Crippen molar-refractivity contribution in [3.8, 4) is 0 Å². The Bertz CT molecular complexity index is 720. The van der Waals surface area contributed by atoms with E-state index in [2.05, 4.69) is 11.8 Å². The first-order valence-corrected chi connectivity index (χ1v) is 8.33. The Morgan fingerprint density at radius 2 is 1.96 bits per heavy atom. The van der Waals surface area contributed by atoms with Gasteiger partial charge in [-0.05, 0) is 5.92 Å². The molecule has 8 heteroatoms. The van der Waals surface area contributed by atoms with Gasteiger partial charge in [0.25, 0.3) is 5.56 Å². The molecule has 0 aromatic carbocycles. The van der Waals surface area contributed by atoms with Gasteiger partial charge < -0.3 is 9.64 Å². The molecule has 1 aromatic heterocycles. The van der Waals surface area contributed by atoms with Gasteiger partial charge in [0, 0.05) is 51.5 Å². The van der Waals surface area contributed by atoms with E-state index in [9.17, 15) is 14.4 Å². The van der Waals surface area contributed by atoms with E-state index >= 15 is 0 Å². The van der Waals surface area contributed by atoms with Gasteiger partial charge in [0.1, 0.15) is 6.54 Å². The minimum Gasteiger partial charge on any atom is -0.379 e. The molecule has 24 heavy (non-hydrogen) atoms. The first kappa shape index (κ1) is 16.9. The summed E-state index contributed by atoms with van der Waals surface area (Å²) in [5.41, 5.74) is -0.835. The second-order valence-corrected chi connectivity index (χ2v) is 6.62. The summed E-state index contributed by atoms with van der Waals surface area (Å²) >= 11 is 0. The average molecular weight is 336 g/mol. The second-order valence-electron chi connectivity index (χ2n) is 6.62. The maximum absolute atomic E-state index is 12.6. The van der Waals surface area contributed by atoms with Crippen LogP contribution in [-0.2, 0) is 23.1 Å². The zero-order valence-electron chi connectivity index (χ0n) is 14.2. The maximum Gasteiger partial charge on any atom is 0.331 e. The van der Waals surface area contributed by atoms with Crippen molar-refractivity contribution in [2.24, 2.45) is 13.0 Å². The molecule has 3 rings (SSSR count). The Kier molecular flexibility index (Phi) is 4.86. The summed E-state index contributed by atoms with van der Waals surface area (Å²) in [6.45, 7) is 6.78. The third-order valence-electron chi connectivity index (χ3n) is 5.01. The lowest BCUT2D eigenvalue weighted by molar-refractivity contribution is -0.131. The van der Waals surface area contributed by atoms with Gasteiger partial charge in [-0.1, -0.05) is 6.92 Å². The van der Waals surface area contributed by atoms with Crippen molar-refractivity contribution in [1.29, 1.82) is 0 Å². The number of likely N-dealkylation sites (tertiary alicyclic amines) is 1. The fourth-order valence-electron chi connectivity index (χ4n) is 3.52. The standard InChI is InChI=1S/C16H24N4O4/c1-12-9-20(10-13(12)18-5-7-24-8-6-18)15(22)11-19-4-3-14(21)17(2)16(19)23/h3-4,12-13H,5-11H2,1-2H3/t12-,13-/m1/s1. The highest BCUT2D eigenvalue weighted by Gasteiger charge is 2.36. The largest absolute Gasteiger partial charge is 0.379 e. The fraction of sp³-hybridized carbons (Fsp3) is 0.688. The van der Waals surface area contributed by atoms with Crippen molar-refractivity contribution in [3.63, 3.8) is 0 Å². The predicted octanol–water partition coefficient (Wildman–Crippen LogP) is -1.27.